The fraction of sp³-hybridized carbons (Fsp3) is 0.500. The number of alkyl halides is 4. The van der Waals surface area contributed by atoms with Crippen molar-refractivity contribution in [3.8, 4) is 0 Å². The topological polar surface area (TPSA) is 20.3 Å². The smallest absolute Gasteiger partial charge is 0.342 e. The van der Waals surface area contributed by atoms with Crippen LogP contribution in [0.25, 0.3) is 0 Å². The third kappa shape index (κ3) is 5.62. The Morgan fingerprint density at radius 3 is 2.48 bits per heavy atom. The van der Waals surface area contributed by atoms with Crippen LogP contribution >= 0.6 is 31.9 Å². The van der Waals surface area contributed by atoms with Crippen LogP contribution in [-0.4, -0.2) is 29.7 Å². The number of hydrogen-bond donors (Lipinski definition) is 0. The largest absolute Gasteiger partial charge is 0.417 e. The number of carbonyl (C=O) groups is 1. The molecule has 0 radical (unpaired) electrons. The van der Waals surface area contributed by atoms with Crippen molar-refractivity contribution in [3.05, 3.63) is 33.8 Å². The van der Waals surface area contributed by atoms with Crippen molar-refractivity contribution < 1.29 is 18.0 Å². The Morgan fingerprint density at radius 2 is 1.90 bits per heavy atom. The summed E-state index contributed by atoms with van der Waals surface area (Å²) in [6.45, 7) is 0.531. The van der Waals surface area contributed by atoms with Gasteiger partial charge in [-0.1, -0.05) is 38.3 Å². The highest BCUT2D eigenvalue weighted by atomic mass is 79.9. The Bertz CT molecular complexity index is 492. The molecule has 0 N–H and O–H groups in total. The monoisotopic (exact) mass is 429 g/mol. The van der Waals surface area contributed by atoms with Gasteiger partial charge < -0.3 is 4.90 Å². The maximum Gasteiger partial charge on any atom is 0.417 e. The molecule has 0 fully saturated rings. The van der Waals surface area contributed by atoms with E-state index in [2.05, 4.69) is 31.9 Å². The van der Waals surface area contributed by atoms with E-state index < -0.39 is 17.6 Å². The van der Waals surface area contributed by atoms with Gasteiger partial charge in [-0.05, 0) is 31.0 Å². The average Bonchev–Trinajstić information content (AvgIpc) is 2.42. The Hall–Kier alpha value is -0.560. The van der Waals surface area contributed by atoms with Gasteiger partial charge in [-0.15, -0.1) is 0 Å². The van der Waals surface area contributed by atoms with Gasteiger partial charge in [0.05, 0.1) is 5.56 Å². The Labute approximate surface area is 139 Å². The van der Waals surface area contributed by atoms with E-state index in [1.807, 2.05) is 0 Å². The first kappa shape index (κ1) is 18.5. The highest BCUT2D eigenvalue weighted by molar-refractivity contribution is 9.10. The van der Waals surface area contributed by atoms with Gasteiger partial charge in [-0.3, -0.25) is 4.79 Å². The Kier molecular flexibility index (Phi) is 7.20. The van der Waals surface area contributed by atoms with Crippen LogP contribution in [0.3, 0.4) is 0 Å². The molecule has 0 aliphatic rings. The molecule has 1 amide bonds. The number of unbranched alkanes of at least 4 members (excludes halogenated alkanes) is 2. The Balaban J connectivity index is 2.78. The van der Waals surface area contributed by atoms with Gasteiger partial charge in [0.15, 0.2) is 0 Å². The summed E-state index contributed by atoms with van der Waals surface area (Å²) in [6.07, 6.45) is -1.67. The number of halogens is 5. The minimum Gasteiger partial charge on any atom is -0.342 e. The number of nitrogens with zero attached hydrogens (tertiary/aromatic N) is 1. The standard InChI is InChI=1S/C14H16Br2F3NO/c1-20(8-4-2-3-7-15)13(21)10-5-6-12(16)11(9-10)14(17,18)19/h5-6,9H,2-4,7-8H2,1H3. The van der Waals surface area contributed by atoms with Crippen molar-refractivity contribution in [1.29, 1.82) is 0 Å². The van der Waals surface area contributed by atoms with Crippen molar-refractivity contribution in [2.75, 3.05) is 18.9 Å². The molecule has 118 valence electrons. The van der Waals surface area contributed by atoms with E-state index >= 15 is 0 Å². The van der Waals surface area contributed by atoms with Gasteiger partial charge in [0, 0.05) is 29.0 Å². The molecule has 1 rings (SSSR count). The molecule has 0 unspecified atom stereocenters. The van der Waals surface area contributed by atoms with E-state index in [0.29, 0.717) is 6.54 Å². The first-order valence-electron chi connectivity index (χ1n) is 6.45. The molecule has 7 heteroatoms. The molecule has 0 saturated carbocycles. The lowest BCUT2D eigenvalue weighted by atomic mass is 10.1. The molecule has 21 heavy (non-hydrogen) atoms. The molecule has 2 nitrogen and oxygen atoms in total. The molecule has 1 aromatic rings. The number of amides is 1. The molecule has 0 aliphatic carbocycles. The predicted molar refractivity (Wildman–Crippen MR) is 83.7 cm³/mol. The lowest BCUT2D eigenvalue weighted by Crippen LogP contribution is -2.28. The maximum atomic E-state index is 12.8. The van der Waals surface area contributed by atoms with Crippen LogP contribution in [0.2, 0.25) is 0 Å². The van der Waals surface area contributed by atoms with Crippen molar-refractivity contribution in [3.63, 3.8) is 0 Å². The molecule has 0 aromatic heterocycles. The zero-order valence-corrected chi connectivity index (χ0v) is 14.7. The van der Waals surface area contributed by atoms with E-state index in [0.717, 1.165) is 30.7 Å². The summed E-state index contributed by atoms with van der Waals surface area (Å²) < 4.78 is 38.4. The molecular formula is C14H16Br2F3NO. The second-order valence-electron chi connectivity index (χ2n) is 4.67. The molecule has 0 saturated heterocycles. The average molecular weight is 431 g/mol. The highest BCUT2D eigenvalue weighted by Gasteiger charge is 2.33. The summed E-state index contributed by atoms with van der Waals surface area (Å²) in [7, 11) is 1.60. The van der Waals surface area contributed by atoms with E-state index in [1.54, 1.807) is 7.05 Å². The quantitative estimate of drug-likeness (QED) is 0.453. The van der Waals surface area contributed by atoms with E-state index in [9.17, 15) is 18.0 Å². The summed E-state index contributed by atoms with van der Waals surface area (Å²) in [4.78, 5) is 13.6. The second kappa shape index (κ2) is 8.17. The van der Waals surface area contributed by atoms with Gasteiger partial charge in [0.25, 0.3) is 5.91 Å². The number of hydrogen-bond acceptors (Lipinski definition) is 1. The zero-order valence-electron chi connectivity index (χ0n) is 11.5. The number of benzene rings is 1. The molecule has 0 aliphatic heterocycles. The third-order valence-corrected chi connectivity index (χ3v) is 4.24. The molecule has 1 aromatic carbocycles. The third-order valence-electron chi connectivity index (χ3n) is 2.99. The van der Waals surface area contributed by atoms with Crippen LogP contribution in [0.1, 0.15) is 35.2 Å². The lowest BCUT2D eigenvalue weighted by molar-refractivity contribution is -0.138. The normalized spacial score (nSPS) is 11.5. The SMILES string of the molecule is CN(CCCCCBr)C(=O)c1ccc(Br)c(C(F)(F)F)c1. The van der Waals surface area contributed by atoms with Gasteiger partial charge in [-0.25, -0.2) is 0 Å². The molecule has 0 spiro atoms. The summed E-state index contributed by atoms with van der Waals surface area (Å²) in [6, 6.07) is 3.55. The van der Waals surface area contributed by atoms with Crippen LogP contribution in [0.4, 0.5) is 13.2 Å². The fourth-order valence-corrected chi connectivity index (χ4v) is 2.69. The van der Waals surface area contributed by atoms with Crippen LogP contribution in [0.5, 0.6) is 0 Å². The number of carbonyl (C=O) groups excluding carboxylic acids is 1. The minimum absolute atomic E-state index is 0.0496. The summed E-state index contributed by atoms with van der Waals surface area (Å²) in [5.41, 5.74) is -0.783. The lowest BCUT2D eigenvalue weighted by Gasteiger charge is -2.18. The molecule has 0 bridgehead atoms. The van der Waals surface area contributed by atoms with Gasteiger partial charge in [0.1, 0.15) is 0 Å². The fourth-order valence-electron chi connectivity index (χ4n) is 1.82. The van der Waals surface area contributed by atoms with E-state index in [4.69, 9.17) is 0 Å². The maximum absolute atomic E-state index is 12.8. The predicted octanol–water partition coefficient (Wildman–Crippen LogP) is 5.11. The van der Waals surface area contributed by atoms with Crippen molar-refractivity contribution in [2.45, 2.75) is 25.4 Å². The second-order valence-corrected chi connectivity index (χ2v) is 6.32. The van der Waals surface area contributed by atoms with Crippen molar-refractivity contribution in [2.24, 2.45) is 0 Å². The first-order valence-corrected chi connectivity index (χ1v) is 8.37. The molecular weight excluding hydrogens is 415 g/mol. The van der Waals surface area contributed by atoms with Crippen LogP contribution in [-0.2, 0) is 6.18 Å². The summed E-state index contributed by atoms with van der Waals surface area (Å²) in [5, 5.41) is 0.909. The summed E-state index contributed by atoms with van der Waals surface area (Å²) >= 11 is 6.19. The van der Waals surface area contributed by atoms with Crippen LogP contribution in [0.15, 0.2) is 22.7 Å². The minimum atomic E-state index is -4.48. The van der Waals surface area contributed by atoms with Gasteiger partial charge >= 0.3 is 6.18 Å². The van der Waals surface area contributed by atoms with Crippen molar-refractivity contribution in [1.82, 2.24) is 4.90 Å². The Morgan fingerprint density at radius 1 is 1.24 bits per heavy atom. The first-order chi connectivity index (χ1) is 9.77. The summed E-state index contributed by atoms with van der Waals surface area (Å²) in [5.74, 6) is -0.396. The van der Waals surface area contributed by atoms with E-state index in [-0.39, 0.29) is 10.0 Å². The van der Waals surface area contributed by atoms with E-state index in [1.165, 1.54) is 17.0 Å². The van der Waals surface area contributed by atoms with Crippen LogP contribution < -0.4 is 0 Å². The van der Waals surface area contributed by atoms with Gasteiger partial charge in [-0.2, -0.15) is 13.2 Å². The zero-order chi connectivity index (χ0) is 16.0. The molecule has 0 heterocycles. The highest BCUT2D eigenvalue weighted by Crippen LogP contribution is 2.35. The van der Waals surface area contributed by atoms with Crippen molar-refractivity contribution >= 4 is 37.8 Å². The molecule has 0 atom stereocenters. The number of rotatable bonds is 6. The van der Waals surface area contributed by atoms with Gasteiger partial charge in [0.2, 0.25) is 0 Å². The van der Waals surface area contributed by atoms with Crippen LogP contribution in [0, 0.1) is 0 Å².